The highest BCUT2D eigenvalue weighted by atomic mass is 16.3. The molecule has 15 heavy (non-hydrogen) atoms. The Morgan fingerprint density at radius 3 is 2.80 bits per heavy atom. The van der Waals surface area contributed by atoms with Crippen molar-refractivity contribution in [1.82, 2.24) is 15.1 Å². The molecule has 0 spiro atoms. The summed E-state index contributed by atoms with van der Waals surface area (Å²) in [6.07, 6.45) is 4.76. The molecule has 0 saturated carbocycles. The Bertz CT molecular complexity index is 264. The van der Waals surface area contributed by atoms with E-state index in [4.69, 9.17) is 0 Å². The molecule has 4 nitrogen and oxygen atoms in total. The fourth-order valence-electron chi connectivity index (χ4n) is 1.28. The standard InChI is InChI=1S/C11H21N3O/c1-10(12-9-11(2,3)15)5-8-14-7-4-6-13-14/h4,6-7,10,12,15H,5,8-9H2,1-3H3. The van der Waals surface area contributed by atoms with Crippen LogP contribution in [0.2, 0.25) is 0 Å². The molecule has 0 fully saturated rings. The molecule has 0 aliphatic carbocycles. The van der Waals surface area contributed by atoms with E-state index in [9.17, 15) is 5.11 Å². The van der Waals surface area contributed by atoms with Crippen LogP contribution in [0.4, 0.5) is 0 Å². The summed E-state index contributed by atoms with van der Waals surface area (Å²) in [6.45, 7) is 7.26. The molecule has 0 aromatic carbocycles. The van der Waals surface area contributed by atoms with Gasteiger partial charge in [0.15, 0.2) is 0 Å². The Morgan fingerprint density at radius 1 is 1.53 bits per heavy atom. The van der Waals surface area contributed by atoms with E-state index in [-0.39, 0.29) is 0 Å². The van der Waals surface area contributed by atoms with Crippen LogP contribution < -0.4 is 5.32 Å². The molecule has 0 aliphatic heterocycles. The molecule has 4 heteroatoms. The van der Waals surface area contributed by atoms with Gasteiger partial charge >= 0.3 is 0 Å². The Labute approximate surface area is 91.3 Å². The molecule has 1 atom stereocenters. The fourth-order valence-corrected chi connectivity index (χ4v) is 1.28. The van der Waals surface area contributed by atoms with E-state index in [2.05, 4.69) is 17.3 Å². The van der Waals surface area contributed by atoms with E-state index < -0.39 is 5.60 Å². The van der Waals surface area contributed by atoms with Gasteiger partial charge in [0.1, 0.15) is 0 Å². The van der Waals surface area contributed by atoms with Gasteiger partial charge in [-0.1, -0.05) is 0 Å². The van der Waals surface area contributed by atoms with Crippen LogP contribution in [0.5, 0.6) is 0 Å². The van der Waals surface area contributed by atoms with E-state index in [0.29, 0.717) is 12.6 Å². The van der Waals surface area contributed by atoms with Crippen molar-refractivity contribution in [2.24, 2.45) is 0 Å². The van der Waals surface area contributed by atoms with Gasteiger partial charge in [-0.2, -0.15) is 5.10 Å². The van der Waals surface area contributed by atoms with Crippen molar-refractivity contribution < 1.29 is 5.11 Å². The summed E-state index contributed by atoms with van der Waals surface area (Å²) >= 11 is 0. The maximum absolute atomic E-state index is 9.54. The van der Waals surface area contributed by atoms with E-state index in [1.807, 2.05) is 16.9 Å². The minimum atomic E-state index is -0.639. The second-order valence-electron chi connectivity index (χ2n) is 4.65. The minimum Gasteiger partial charge on any atom is -0.389 e. The maximum atomic E-state index is 9.54. The highest BCUT2D eigenvalue weighted by molar-refractivity contribution is 4.78. The predicted molar refractivity (Wildman–Crippen MR) is 60.6 cm³/mol. The average molecular weight is 211 g/mol. The number of nitrogens with one attached hydrogen (secondary N) is 1. The van der Waals surface area contributed by atoms with Crippen LogP contribution in [-0.2, 0) is 6.54 Å². The smallest absolute Gasteiger partial charge is 0.0715 e. The van der Waals surface area contributed by atoms with Crippen molar-refractivity contribution in [1.29, 1.82) is 0 Å². The number of aliphatic hydroxyl groups is 1. The number of aryl methyl sites for hydroxylation is 1. The van der Waals surface area contributed by atoms with Crippen LogP contribution in [0.15, 0.2) is 18.5 Å². The van der Waals surface area contributed by atoms with Crippen molar-refractivity contribution >= 4 is 0 Å². The molecule has 1 aromatic rings. The van der Waals surface area contributed by atoms with E-state index in [0.717, 1.165) is 13.0 Å². The third kappa shape index (κ3) is 5.54. The SMILES string of the molecule is CC(CCn1cccn1)NCC(C)(C)O. The van der Waals surface area contributed by atoms with Crippen LogP contribution in [0, 0.1) is 0 Å². The van der Waals surface area contributed by atoms with E-state index in [1.54, 1.807) is 20.0 Å². The lowest BCUT2D eigenvalue weighted by Crippen LogP contribution is -2.39. The Kier molecular flexibility index (Phi) is 4.29. The molecule has 86 valence electrons. The molecule has 1 unspecified atom stereocenters. The normalized spacial score (nSPS) is 14.1. The first-order chi connectivity index (χ1) is 6.97. The monoisotopic (exact) mass is 211 g/mol. The zero-order valence-corrected chi connectivity index (χ0v) is 9.77. The van der Waals surface area contributed by atoms with Crippen molar-refractivity contribution in [3.8, 4) is 0 Å². The van der Waals surface area contributed by atoms with Crippen LogP contribution in [0.3, 0.4) is 0 Å². The lowest BCUT2D eigenvalue weighted by Gasteiger charge is -2.21. The van der Waals surface area contributed by atoms with E-state index in [1.165, 1.54) is 0 Å². The molecule has 1 heterocycles. The van der Waals surface area contributed by atoms with Gasteiger partial charge < -0.3 is 10.4 Å². The molecule has 0 bridgehead atoms. The van der Waals surface area contributed by atoms with Gasteiger partial charge in [-0.3, -0.25) is 4.68 Å². The van der Waals surface area contributed by atoms with Gasteiger partial charge in [-0.05, 0) is 33.3 Å². The summed E-state index contributed by atoms with van der Waals surface area (Å²) in [6, 6.07) is 2.31. The van der Waals surface area contributed by atoms with Crippen molar-refractivity contribution in [2.45, 2.75) is 45.4 Å². The molecular weight excluding hydrogens is 190 g/mol. The lowest BCUT2D eigenvalue weighted by atomic mass is 10.1. The fraction of sp³-hybridized carbons (Fsp3) is 0.727. The summed E-state index contributed by atoms with van der Waals surface area (Å²) in [5, 5.41) is 17.0. The van der Waals surface area contributed by atoms with Gasteiger partial charge in [0.05, 0.1) is 5.60 Å². The number of rotatable bonds is 6. The van der Waals surface area contributed by atoms with Crippen molar-refractivity contribution in [3.05, 3.63) is 18.5 Å². The molecule has 0 radical (unpaired) electrons. The molecule has 0 saturated heterocycles. The van der Waals surface area contributed by atoms with Crippen LogP contribution in [0.1, 0.15) is 27.2 Å². The topological polar surface area (TPSA) is 50.1 Å². The summed E-state index contributed by atoms with van der Waals surface area (Å²) in [5.74, 6) is 0. The number of hydrogen-bond acceptors (Lipinski definition) is 3. The third-order valence-electron chi connectivity index (χ3n) is 2.23. The summed E-state index contributed by atoms with van der Waals surface area (Å²) in [7, 11) is 0. The highest BCUT2D eigenvalue weighted by Crippen LogP contribution is 2.00. The van der Waals surface area contributed by atoms with Crippen LogP contribution >= 0.6 is 0 Å². The van der Waals surface area contributed by atoms with Crippen LogP contribution in [-0.4, -0.2) is 33.1 Å². The summed E-state index contributed by atoms with van der Waals surface area (Å²) < 4.78 is 1.92. The van der Waals surface area contributed by atoms with Crippen molar-refractivity contribution in [3.63, 3.8) is 0 Å². The van der Waals surface area contributed by atoms with Crippen molar-refractivity contribution in [2.75, 3.05) is 6.54 Å². The summed E-state index contributed by atoms with van der Waals surface area (Å²) in [4.78, 5) is 0. The van der Waals surface area contributed by atoms with Gasteiger partial charge in [0.25, 0.3) is 0 Å². The van der Waals surface area contributed by atoms with Gasteiger partial charge in [-0.15, -0.1) is 0 Å². The Morgan fingerprint density at radius 2 is 2.27 bits per heavy atom. The Hall–Kier alpha value is -0.870. The predicted octanol–water partition coefficient (Wildman–Crippen LogP) is 1.02. The first-order valence-electron chi connectivity index (χ1n) is 5.40. The van der Waals surface area contributed by atoms with E-state index >= 15 is 0 Å². The molecule has 0 amide bonds. The zero-order chi connectivity index (χ0) is 11.3. The number of aromatic nitrogens is 2. The minimum absolute atomic E-state index is 0.389. The molecule has 1 aromatic heterocycles. The lowest BCUT2D eigenvalue weighted by molar-refractivity contribution is 0.0765. The zero-order valence-electron chi connectivity index (χ0n) is 9.77. The van der Waals surface area contributed by atoms with Gasteiger partial charge in [0.2, 0.25) is 0 Å². The summed E-state index contributed by atoms with van der Waals surface area (Å²) in [5.41, 5.74) is -0.639. The molecule has 2 N–H and O–H groups in total. The van der Waals surface area contributed by atoms with Gasteiger partial charge in [-0.25, -0.2) is 0 Å². The largest absolute Gasteiger partial charge is 0.389 e. The Balaban J connectivity index is 2.16. The van der Waals surface area contributed by atoms with Gasteiger partial charge in [0, 0.05) is 31.5 Å². The third-order valence-corrected chi connectivity index (χ3v) is 2.23. The highest BCUT2D eigenvalue weighted by Gasteiger charge is 2.13. The average Bonchev–Trinajstić information content (AvgIpc) is 2.62. The first kappa shape index (κ1) is 12.2. The number of hydrogen-bond donors (Lipinski definition) is 2. The quantitative estimate of drug-likeness (QED) is 0.738. The second-order valence-corrected chi connectivity index (χ2v) is 4.65. The molecule has 0 aliphatic rings. The molecular formula is C11H21N3O. The maximum Gasteiger partial charge on any atom is 0.0715 e. The first-order valence-corrected chi connectivity index (χ1v) is 5.40. The van der Waals surface area contributed by atoms with Crippen LogP contribution in [0.25, 0.3) is 0 Å². The molecule has 1 rings (SSSR count). The number of nitrogens with zero attached hydrogens (tertiary/aromatic N) is 2. The second kappa shape index (κ2) is 5.28.